The van der Waals surface area contributed by atoms with Crippen LogP contribution in [0.4, 0.5) is 0 Å². The number of hydrogen-bond donors (Lipinski definition) is 0. The van der Waals surface area contributed by atoms with Gasteiger partial charge in [-0.25, -0.2) is 0 Å². The van der Waals surface area contributed by atoms with Gasteiger partial charge in [-0.2, -0.15) is 0 Å². The average molecular weight is 452 g/mol. The zero-order chi connectivity index (χ0) is 24.3. The lowest BCUT2D eigenvalue weighted by Crippen LogP contribution is -2.22. The summed E-state index contributed by atoms with van der Waals surface area (Å²) in [5, 5.41) is 4.28. The second-order valence-corrected chi connectivity index (χ2v) is 9.50. The Bertz CT molecular complexity index is 915. The molecule has 0 N–H and O–H groups in total. The minimum atomic E-state index is -0.0703. The number of benzene rings is 2. The quantitative estimate of drug-likeness (QED) is 0.146. The molecule has 0 aliphatic heterocycles. The lowest BCUT2D eigenvalue weighted by atomic mass is 9.85. The molecule has 0 spiro atoms. The molecule has 2 rings (SSSR count). The van der Waals surface area contributed by atoms with Crippen LogP contribution in [-0.2, 0) is 11.3 Å². The maximum absolute atomic E-state index is 6.12. The lowest BCUT2D eigenvalue weighted by molar-refractivity contribution is 0.209. The highest BCUT2D eigenvalue weighted by Gasteiger charge is 2.21. The SMILES string of the molecule is C/C=C/COc1cc(C)c(OCCCCCc2cccc(/C(=N\OC)C(C)(C)C)c2)c(C)c1. The second-order valence-electron chi connectivity index (χ2n) is 9.50. The molecule has 2 aromatic carbocycles. The highest BCUT2D eigenvalue weighted by Crippen LogP contribution is 2.29. The Morgan fingerprint density at radius 1 is 0.970 bits per heavy atom. The third kappa shape index (κ3) is 8.60. The standard InChI is InChI=1S/C29H41NO3/c1-8-9-17-32-26-19-22(2)27(23(3)20-26)33-18-12-10-11-14-24-15-13-16-25(21-24)28(30-31-7)29(4,5)6/h8-9,13,15-16,19-21H,10-12,14,17-18H2,1-7H3/b9-8+,30-28+. The lowest BCUT2D eigenvalue weighted by Gasteiger charge is -2.21. The predicted octanol–water partition coefficient (Wildman–Crippen LogP) is 7.45. The second kappa shape index (κ2) is 13.1. The molecule has 4 nitrogen and oxygen atoms in total. The number of hydrogen-bond acceptors (Lipinski definition) is 4. The summed E-state index contributed by atoms with van der Waals surface area (Å²) in [5.74, 6) is 1.87. The van der Waals surface area contributed by atoms with Gasteiger partial charge in [-0.1, -0.05) is 56.3 Å². The van der Waals surface area contributed by atoms with E-state index in [2.05, 4.69) is 76.2 Å². The molecule has 0 fully saturated rings. The van der Waals surface area contributed by atoms with Crippen LogP contribution in [0.1, 0.15) is 69.2 Å². The van der Waals surface area contributed by atoms with Gasteiger partial charge in [0, 0.05) is 11.0 Å². The zero-order valence-corrected chi connectivity index (χ0v) is 21.5. The van der Waals surface area contributed by atoms with Crippen LogP contribution in [-0.4, -0.2) is 26.0 Å². The molecule has 33 heavy (non-hydrogen) atoms. The van der Waals surface area contributed by atoms with Crippen molar-refractivity contribution in [3.8, 4) is 11.5 Å². The highest BCUT2D eigenvalue weighted by molar-refractivity contribution is 6.03. The number of aryl methyl sites for hydroxylation is 3. The van der Waals surface area contributed by atoms with E-state index in [0.29, 0.717) is 6.61 Å². The average Bonchev–Trinajstić information content (AvgIpc) is 2.75. The molecule has 2 aromatic rings. The van der Waals surface area contributed by atoms with Crippen LogP contribution in [0.2, 0.25) is 0 Å². The van der Waals surface area contributed by atoms with E-state index in [4.69, 9.17) is 14.3 Å². The van der Waals surface area contributed by atoms with Crippen molar-refractivity contribution in [3.63, 3.8) is 0 Å². The van der Waals surface area contributed by atoms with E-state index in [1.165, 1.54) is 5.56 Å². The van der Waals surface area contributed by atoms with E-state index < -0.39 is 0 Å². The van der Waals surface area contributed by atoms with Crippen molar-refractivity contribution in [3.05, 3.63) is 70.8 Å². The first-order valence-corrected chi connectivity index (χ1v) is 11.9. The highest BCUT2D eigenvalue weighted by atomic mass is 16.6. The zero-order valence-electron chi connectivity index (χ0n) is 21.5. The van der Waals surface area contributed by atoms with Gasteiger partial charge in [-0.3, -0.25) is 0 Å². The molecule has 0 unspecified atom stereocenters. The first kappa shape index (κ1) is 26.5. The maximum Gasteiger partial charge on any atom is 0.125 e. The fourth-order valence-electron chi connectivity index (χ4n) is 3.83. The van der Waals surface area contributed by atoms with E-state index >= 15 is 0 Å². The largest absolute Gasteiger partial charge is 0.493 e. The number of ether oxygens (including phenoxy) is 2. The molecule has 0 aromatic heterocycles. The van der Waals surface area contributed by atoms with Crippen molar-refractivity contribution in [2.75, 3.05) is 20.3 Å². The normalized spacial score (nSPS) is 12.3. The maximum atomic E-state index is 6.12. The molecule has 0 amide bonds. The number of rotatable bonds is 12. The monoisotopic (exact) mass is 451 g/mol. The van der Waals surface area contributed by atoms with Gasteiger partial charge in [0.05, 0.1) is 12.3 Å². The fourth-order valence-corrected chi connectivity index (χ4v) is 3.83. The van der Waals surface area contributed by atoms with E-state index in [0.717, 1.165) is 66.2 Å². The first-order valence-electron chi connectivity index (χ1n) is 11.9. The summed E-state index contributed by atoms with van der Waals surface area (Å²) in [6, 6.07) is 12.8. The van der Waals surface area contributed by atoms with Crippen LogP contribution in [0.3, 0.4) is 0 Å². The molecule has 0 saturated heterocycles. The van der Waals surface area contributed by atoms with E-state index in [9.17, 15) is 0 Å². The fraction of sp³-hybridized carbons (Fsp3) is 0.483. The summed E-state index contributed by atoms with van der Waals surface area (Å²) in [7, 11) is 1.61. The predicted molar refractivity (Wildman–Crippen MR) is 139 cm³/mol. The van der Waals surface area contributed by atoms with Crippen molar-refractivity contribution in [1.82, 2.24) is 0 Å². The Balaban J connectivity index is 1.82. The van der Waals surface area contributed by atoms with Crippen molar-refractivity contribution < 1.29 is 14.3 Å². The molecular weight excluding hydrogens is 410 g/mol. The van der Waals surface area contributed by atoms with Gasteiger partial charge in [0.1, 0.15) is 25.2 Å². The Hall–Kier alpha value is -2.75. The van der Waals surface area contributed by atoms with Crippen LogP contribution in [0.15, 0.2) is 53.7 Å². The van der Waals surface area contributed by atoms with Crippen molar-refractivity contribution in [2.24, 2.45) is 10.6 Å². The van der Waals surface area contributed by atoms with E-state index in [1.54, 1.807) is 7.11 Å². The molecule has 4 heteroatoms. The molecular formula is C29H41NO3. The van der Waals surface area contributed by atoms with Crippen LogP contribution in [0, 0.1) is 19.3 Å². The Morgan fingerprint density at radius 3 is 2.33 bits per heavy atom. The summed E-state index contributed by atoms with van der Waals surface area (Å²) in [6.07, 6.45) is 8.35. The van der Waals surface area contributed by atoms with Gasteiger partial charge in [0.15, 0.2) is 0 Å². The Morgan fingerprint density at radius 2 is 1.70 bits per heavy atom. The van der Waals surface area contributed by atoms with Crippen molar-refractivity contribution in [1.29, 1.82) is 0 Å². The van der Waals surface area contributed by atoms with Gasteiger partial charge in [-0.05, 0) is 81.3 Å². The van der Waals surface area contributed by atoms with Gasteiger partial charge in [0.2, 0.25) is 0 Å². The number of oxime groups is 1. The third-order valence-corrected chi connectivity index (χ3v) is 5.47. The summed E-state index contributed by atoms with van der Waals surface area (Å²) in [6.45, 7) is 14.0. The van der Waals surface area contributed by atoms with Crippen LogP contribution in [0.5, 0.6) is 11.5 Å². The van der Waals surface area contributed by atoms with Gasteiger partial charge in [-0.15, -0.1) is 0 Å². The number of unbranched alkanes of at least 4 members (excludes halogenated alkanes) is 2. The molecule has 0 aliphatic carbocycles. The van der Waals surface area contributed by atoms with Gasteiger partial charge in [0.25, 0.3) is 0 Å². The molecule has 0 radical (unpaired) electrons. The minimum Gasteiger partial charge on any atom is -0.493 e. The topological polar surface area (TPSA) is 40.0 Å². The van der Waals surface area contributed by atoms with Gasteiger partial charge < -0.3 is 14.3 Å². The molecule has 0 heterocycles. The van der Waals surface area contributed by atoms with E-state index in [-0.39, 0.29) is 5.41 Å². The molecule has 180 valence electrons. The van der Waals surface area contributed by atoms with Gasteiger partial charge >= 0.3 is 0 Å². The summed E-state index contributed by atoms with van der Waals surface area (Å²) < 4.78 is 11.9. The molecule has 0 bridgehead atoms. The van der Waals surface area contributed by atoms with Crippen LogP contribution >= 0.6 is 0 Å². The van der Waals surface area contributed by atoms with Crippen molar-refractivity contribution in [2.45, 2.75) is 67.2 Å². The van der Waals surface area contributed by atoms with Crippen LogP contribution < -0.4 is 9.47 Å². The summed E-state index contributed by atoms with van der Waals surface area (Å²) >= 11 is 0. The smallest absolute Gasteiger partial charge is 0.125 e. The van der Waals surface area contributed by atoms with E-state index in [1.807, 2.05) is 19.1 Å². The molecule has 0 atom stereocenters. The number of allylic oxidation sites excluding steroid dienone is 1. The number of nitrogens with zero attached hydrogens (tertiary/aromatic N) is 1. The molecule has 0 aliphatic rings. The molecule has 0 saturated carbocycles. The Kier molecular flexibility index (Phi) is 10.5. The summed E-state index contributed by atoms with van der Waals surface area (Å²) in [5.41, 5.74) is 5.61. The summed E-state index contributed by atoms with van der Waals surface area (Å²) in [4.78, 5) is 5.10. The third-order valence-electron chi connectivity index (χ3n) is 5.47. The van der Waals surface area contributed by atoms with Crippen LogP contribution in [0.25, 0.3) is 0 Å². The minimum absolute atomic E-state index is 0.0703. The van der Waals surface area contributed by atoms with Crippen molar-refractivity contribution >= 4 is 5.71 Å². The first-order chi connectivity index (χ1) is 15.8. The Labute approximate surface area is 200 Å².